The second kappa shape index (κ2) is 4.73. The van der Waals surface area contributed by atoms with Crippen LogP contribution in [-0.2, 0) is 6.42 Å². The second-order valence-corrected chi connectivity index (χ2v) is 4.23. The number of rotatable bonds is 2. The largest absolute Gasteiger partial charge is 0.314 e. The Hall–Kier alpha value is -0.930. The van der Waals surface area contributed by atoms with Crippen LogP contribution in [0.25, 0.3) is 0 Å². The van der Waals surface area contributed by atoms with Crippen molar-refractivity contribution in [2.24, 2.45) is 5.92 Å². The summed E-state index contributed by atoms with van der Waals surface area (Å²) in [5, 5.41) is 10.6. The summed E-state index contributed by atoms with van der Waals surface area (Å²) >= 11 is 0. The Balaban J connectivity index is 1.92. The van der Waals surface area contributed by atoms with Crippen molar-refractivity contribution >= 4 is 0 Å². The molecule has 1 fully saturated rings. The predicted molar refractivity (Wildman–Crippen MR) is 56.2 cm³/mol. The minimum atomic E-state index is -0.160. The van der Waals surface area contributed by atoms with Crippen molar-refractivity contribution in [2.75, 3.05) is 13.1 Å². The van der Waals surface area contributed by atoms with E-state index in [1.165, 1.54) is 11.1 Å². The van der Waals surface area contributed by atoms with Crippen LogP contribution < -0.4 is 0 Å². The first-order valence-corrected chi connectivity index (χ1v) is 5.42. The molecule has 0 radical (unpaired) electrons. The van der Waals surface area contributed by atoms with Gasteiger partial charge in [0.1, 0.15) is 5.82 Å². The molecule has 1 N–H and O–H groups in total. The Bertz CT molecular complexity index is 321. The van der Waals surface area contributed by atoms with Crippen LogP contribution in [-0.4, -0.2) is 23.4 Å². The van der Waals surface area contributed by atoms with Crippen LogP contribution in [0, 0.1) is 11.7 Å². The third kappa shape index (κ3) is 3.01. The topological polar surface area (TPSA) is 23.5 Å². The van der Waals surface area contributed by atoms with E-state index in [2.05, 4.69) is 0 Å². The van der Waals surface area contributed by atoms with Crippen LogP contribution >= 0.6 is 0 Å². The molecule has 15 heavy (non-hydrogen) atoms. The molecule has 2 rings (SSSR count). The highest BCUT2D eigenvalue weighted by Crippen LogP contribution is 2.20. The van der Waals surface area contributed by atoms with E-state index in [0.717, 1.165) is 37.9 Å². The van der Waals surface area contributed by atoms with Gasteiger partial charge >= 0.3 is 0 Å². The highest BCUT2D eigenvalue weighted by Gasteiger charge is 2.17. The molecule has 1 saturated heterocycles. The van der Waals surface area contributed by atoms with E-state index in [-0.39, 0.29) is 5.82 Å². The fourth-order valence-electron chi connectivity index (χ4n) is 2.12. The normalized spacial score (nSPS) is 19.3. The van der Waals surface area contributed by atoms with Crippen molar-refractivity contribution in [1.29, 1.82) is 0 Å². The van der Waals surface area contributed by atoms with Crippen LogP contribution in [0.2, 0.25) is 0 Å². The molecule has 82 valence electrons. The Kier molecular flexibility index (Phi) is 3.34. The number of hydrogen-bond donors (Lipinski definition) is 1. The van der Waals surface area contributed by atoms with Crippen molar-refractivity contribution in [3.63, 3.8) is 0 Å². The highest BCUT2D eigenvalue weighted by atomic mass is 19.1. The monoisotopic (exact) mass is 209 g/mol. The molecule has 3 heteroatoms. The minimum Gasteiger partial charge on any atom is -0.314 e. The molecule has 0 atom stereocenters. The first kappa shape index (κ1) is 10.6. The summed E-state index contributed by atoms with van der Waals surface area (Å²) in [7, 11) is 0. The summed E-state index contributed by atoms with van der Waals surface area (Å²) in [5.41, 5.74) is 1.06. The van der Waals surface area contributed by atoms with Gasteiger partial charge in [0, 0.05) is 13.1 Å². The standard InChI is InChI=1S/C12H16FNO/c13-12-3-1-2-11(9-12)8-10-4-6-14(15)7-5-10/h1-3,9-10,15H,4-8H2. The molecule has 1 aromatic rings. The SMILES string of the molecule is ON1CCC(Cc2cccc(F)c2)CC1. The number of benzene rings is 1. The van der Waals surface area contributed by atoms with Gasteiger partial charge in [0.15, 0.2) is 0 Å². The zero-order valence-corrected chi connectivity index (χ0v) is 8.69. The molecule has 0 aliphatic carbocycles. The Morgan fingerprint density at radius 3 is 2.73 bits per heavy atom. The molecule has 1 aliphatic heterocycles. The van der Waals surface area contributed by atoms with Gasteiger partial charge in [0.25, 0.3) is 0 Å². The third-order valence-electron chi connectivity index (χ3n) is 3.00. The van der Waals surface area contributed by atoms with Crippen molar-refractivity contribution in [1.82, 2.24) is 5.06 Å². The van der Waals surface area contributed by atoms with Gasteiger partial charge in [-0.05, 0) is 42.9 Å². The molecule has 0 bridgehead atoms. The van der Waals surface area contributed by atoms with Crippen molar-refractivity contribution in [3.8, 4) is 0 Å². The first-order chi connectivity index (χ1) is 7.24. The third-order valence-corrected chi connectivity index (χ3v) is 3.00. The van der Waals surface area contributed by atoms with E-state index in [1.54, 1.807) is 12.1 Å². The average molecular weight is 209 g/mol. The van der Waals surface area contributed by atoms with Crippen LogP contribution in [0.1, 0.15) is 18.4 Å². The molecule has 1 aromatic carbocycles. The summed E-state index contributed by atoms with van der Waals surface area (Å²) in [5.74, 6) is 0.419. The molecular weight excluding hydrogens is 193 g/mol. The number of hydroxylamine groups is 2. The summed E-state index contributed by atoms with van der Waals surface area (Å²) in [4.78, 5) is 0. The molecule has 0 aromatic heterocycles. The summed E-state index contributed by atoms with van der Waals surface area (Å²) in [6.07, 6.45) is 2.91. The van der Waals surface area contributed by atoms with Crippen LogP contribution in [0.5, 0.6) is 0 Å². The van der Waals surface area contributed by atoms with Gasteiger partial charge in [-0.25, -0.2) is 4.39 Å². The lowest BCUT2D eigenvalue weighted by Gasteiger charge is -2.27. The Morgan fingerprint density at radius 2 is 2.07 bits per heavy atom. The molecule has 1 aliphatic rings. The van der Waals surface area contributed by atoms with Crippen molar-refractivity contribution < 1.29 is 9.60 Å². The number of halogens is 1. The van der Waals surface area contributed by atoms with Crippen molar-refractivity contribution in [3.05, 3.63) is 35.6 Å². The molecule has 0 spiro atoms. The van der Waals surface area contributed by atoms with Gasteiger partial charge in [-0.1, -0.05) is 12.1 Å². The van der Waals surface area contributed by atoms with Gasteiger partial charge in [0.05, 0.1) is 0 Å². The summed E-state index contributed by atoms with van der Waals surface area (Å²) in [6.45, 7) is 1.47. The molecular formula is C12H16FNO. The van der Waals surface area contributed by atoms with Gasteiger partial charge in [-0.3, -0.25) is 0 Å². The number of hydrogen-bond acceptors (Lipinski definition) is 2. The van der Waals surface area contributed by atoms with Crippen LogP contribution in [0.15, 0.2) is 24.3 Å². The van der Waals surface area contributed by atoms with E-state index in [0.29, 0.717) is 5.92 Å². The van der Waals surface area contributed by atoms with Crippen LogP contribution in [0.3, 0.4) is 0 Å². The van der Waals surface area contributed by atoms with E-state index >= 15 is 0 Å². The molecule has 0 saturated carbocycles. The van der Waals surface area contributed by atoms with Gasteiger partial charge in [-0.2, -0.15) is 5.06 Å². The lowest BCUT2D eigenvalue weighted by Crippen LogP contribution is -2.31. The first-order valence-electron chi connectivity index (χ1n) is 5.42. The fraction of sp³-hybridized carbons (Fsp3) is 0.500. The highest BCUT2D eigenvalue weighted by molar-refractivity contribution is 5.16. The molecule has 1 heterocycles. The van der Waals surface area contributed by atoms with E-state index < -0.39 is 0 Å². The van der Waals surface area contributed by atoms with Crippen LogP contribution in [0.4, 0.5) is 4.39 Å². The lowest BCUT2D eigenvalue weighted by atomic mass is 9.91. The minimum absolute atomic E-state index is 0.160. The number of piperidine rings is 1. The number of nitrogens with zero attached hydrogens (tertiary/aromatic N) is 1. The van der Waals surface area contributed by atoms with E-state index in [4.69, 9.17) is 0 Å². The van der Waals surface area contributed by atoms with E-state index in [9.17, 15) is 9.60 Å². The molecule has 0 amide bonds. The maximum absolute atomic E-state index is 12.9. The predicted octanol–water partition coefficient (Wildman–Crippen LogP) is 2.47. The quantitative estimate of drug-likeness (QED) is 0.808. The summed E-state index contributed by atoms with van der Waals surface area (Å²) < 4.78 is 12.9. The van der Waals surface area contributed by atoms with Gasteiger partial charge in [-0.15, -0.1) is 0 Å². The zero-order chi connectivity index (χ0) is 10.7. The maximum atomic E-state index is 12.9. The lowest BCUT2D eigenvalue weighted by molar-refractivity contribution is -0.111. The zero-order valence-electron chi connectivity index (χ0n) is 8.69. The van der Waals surface area contributed by atoms with Crippen molar-refractivity contribution in [2.45, 2.75) is 19.3 Å². The van der Waals surface area contributed by atoms with E-state index in [1.807, 2.05) is 6.07 Å². The van der Waals surface area contributed by atoms with Gasteiger partial charge < -0.3 is 5.21 Å². The Morgan fingerprint density at radius 1 is 1.33 bits per heavy atom. The summed E-state index contributed by atoms with van der Waals surface area (Å²) in [6, 6.07) is 6.80. The molecule has 0 unspecified atom stereocenters. The van der Waals surface area contributed by atoms with Gasteiger partial charge in [0.2, 0.25) is 0 Å². The smallest absolute Gasteiger partial charge is 0.123 e. The second-order valence-electron chi connectivity index (χ2n) is 4.23. The fourth-order valence-corrected chi connectivity index (χ4v) is 2.12. The molecule has 2 nitrogen and oxygen atoms in total. The Labute approximate surface area is 89.3 Å². The average Bonchev–Trinajstić information content (AvgIpc) is 2.22. The maximum Gasteiger partial charge on any atom is 0.123 e.